The van der Waals surface area contributed by atoms with Crippen LogP contribution in [0.5, 0.6) is 0 Å². The van der Waals surface area contributed by atoms with Crippen LogP contribution in [0.4, 0.5) is 0 Å². The van der Waals surface area contributed by atoms with Crippen LogP contribution in [0, 0.1) is 0 Å². The van der Waals surface area contributed by atoms with E-state index in [1.54, 1.807) is 0 Å². The van der Waals surface area contributed by atoms with Crippen molar-refractivity contribution in [3.05, 3.63) is 0 Å². The molecule has 1 fully saturated rings. The van der Waals surface area contributed by atoms with E-state index in [0.29, 0.717) is 25.7 Å². The number of carbonyl (C=O) groups excluding carboxylic acids is 4. The molecule has 1 saturated heterocycles. The standard InChI is InChI=1S/C37H66O15/c1-5-9-13-14-18-22-30(43)51-35-34(50-29(42)21-17-12-8-4)33(49-28(41)20-16-11-7-3)26(24-47-27(40)19-15-10-6-2)48-37(35)52-36(46)32(45)31(44)25(39)23-38/h25-26,31-39,44-46H,5-24H2,1-4H3/t25-,26+,31+,32-,33+,34-,35-,36?,37-/m0/s1. The van der Waals surface area contributed by atoms with Gasteiger partial charge in [-0.15, -0.1) is 0 Å². The minimum absolute atomic E-state index is 0.0170. The number of esters is 4. The molecular formula is C37H66O15. The van der Waals surface area contributed by atoms with E-state index >= 15 is 0 Å². The van der Waals surface area contributed by atoms with E-state index < -0.39 is 92.4 Å². The van der Waals surface area contributed by atoms with Crippen molar-refractivity contribution in [2.24, 2.45) is 0 Å². The molecule has 0 aliphatic carbocycles. The molecule has 15 heteroatoms. The number of carbonyl (C=O) groups is 4. The molecule has 0 spiro atoms. The van der Waals surface area contributed by atoms with E-state index in [1.807, 2.05) is 20.8 Å². The number of aliphatic hydroxyl groups is 5. The third kappa shape index (κ3) is 18.6. The molecular weight excluding hydrogens is 684 g/mol. The van der Waals surface area contributed by atoms with Crippen LogP contribution in [-0.2, 0) is 47.6 Å². The van der Waals surface area contributed by atoms with Gasteiger partial charge in [-0.2, -0.15) is 0 Å². The van der Waals surface area contributed by atoms with E-state index in [2.05, 4.69) is 6.92 Å². The molecule has 0 bridgehead atoms. The highest BCUT2D eigenvalue weighted by molar-refractivity contribution is 5.72. The molecule has 1 aliphatic heterocycles. The Bertz CT molecular complexity index is 994. The highest BCUT2D eigenvalue weighted by Gasteiger charge is 2.54. The minimum atomic E-state index is -2.30. The molecule has 0 aromatic heterocycles. The lowest BCUT2D eigenvalue weighted by atomic mass is 9.97. The highest BCUT2D eigenvalue weighted by atomic mass is 16.8. The Balaban J connectivity index is 3.60. The first kappa shape index (κ1) is 47.6. The van der Waals surface area contributed by atoms with Gasteiger partial charge < -0.3 is 54.0 Å². The number of ether oxygens (including phenoxy) is 6. The summed E-state index contributed by atoms with van der Waals surface area (Å²) >= 11 is 0. The molecule has 0 saturated carbocycles. The Hall–Kier alpha value is -2.40. The average molecular weight is 751 g/mol. The second-order valence-corrected chi connectivity index (χ2v) is 13.4. The van der Waals surface area contributed by atoms with Crippen molar-refractivity contribution in [1.82, 2.24) is 0 Å². The van der Waals surface area contributed by atoms with Gasteiger partial charge in [0, 0.05) is 25.7 Å². The van der Waals surface area contributed by atoms with Crippen molar-refractivity contribution in [3.8, 4) is 0 Å². The zero-order valence-electron chi connectivity index (χ0n) is 31.7. The number of hydrogen-bond donors (Lipinski definition) is 5. The molecule has 1 aliphatic rings. The molecule has 0 radical (unpaired) electrons. The van der Waals surface area contributed by atoms with Crippen molar-refractivity contribution in [2.75, 3.05) is 13.2 Å². The second kappa shape index (κ2) is 28.1. The Labute approximate surface area is 308 Å². The zero-order chi connectivity index (χ0) is 38.9. The minimum Gasteiger partial charge on any atom is -0.463 e. The molecule has 15 nitrogen and oxygen atoms in total. The predicted octanol–water partition coefficient (Wildman–Crippen LogP) is 3.50. The van der Waals surface area contributed by atoms with Crippen LogP contribution in [0.25, 0.3) is 0 Å². The van der Waals surface area contributed by atoms with E-state index in [0.717, 1.165) is 64.2 Å². The number of rotatable bonds is 29. The maximum atomic E-state index is 13.2. The quantitative estimate of drug-likeness (QED) is 0.0319. The molecule has 304 valence electrons. The summed E-state index contributed by atoms with van der Waals surface area (Å²) in [6.45, 7) is 6.51. The Morgan fingerprint density at radius 1 is 0.558 bits per heavy atom. The Morgan fingerprint density at radius 3 is 1.48 bits per heavy atom. The fourth-order valence-electron chi connectivity index (χ4n) is 5.56. The van der Waals surface area contributed by atoms with E-state index in [-0.39, 0.29) is 25.7 Å². The van der Waals surface area contributed by atoms with Gasteiger partial charge in [0.25, 0.3) is 0 Å². The van der Waals surface area contributed by atoms with Crippen molar-refractivity contribution in [1.29, 1.82) is 0 Å². The summed E-state index contributed by atoms with van der Waals surface area (Å²) in [5.41, 5.74) is 0. The maximum Gasteiger partial charge on any atom is 0.306 e. The van der Waals surface area contributed by atoms with Crippen LogP contribution in [-0.4, -0.2) is 118 Å². The SMILES string of the molecule is CCCCCCCC(=O)O[C@@H]1[C@H](OC(O)[C@@H](O)[C@H](O)[C@@H](O)CO)O[C@H](COC(=O)CCCCC)[C@@H](OC(=O)CCCCC)[C@@H]1OC(=O)CCCCC. The van der Waals surface area contributed by atoms with Crippen molar-refractivity contribution in [2.45, 2.75) is 199 Å². The smallest absolute Gasteiger partial charge is 0.306 e. The molecule has 1 unspecified atom stereocenters. The van der Waals surface area contributed by atoms with Crippen LogP contribution in [0.2, 0.25) is 0 Å². The summed E-state index contributed by atoms with van der Waals surface area (Å²) in [5, 5.41) is 50.7. The lowest BCUT2D eigenvalue weighted by molar-refractivity contribution is -0.349. The van der Waals surface area contributed by atoms with Gasteiger partial charge in [-0.05, 0) is 25.7 Å². The average Bonchev–Trinajstić information content (AvgIpc) is 3.12. The van der Waals surface area contributed by atoms with Crippen LogP contribution >= 0.6 is 0 Å². The first-order chi connectivity index (χ1) is 24.9. The molecule has 0 aromatic carbocycles. The lowest BCUT2D eigenvalue weighted by Crippen LogP contribution is -2.64. The molecule has 9 atom stereocenters. The van der Waals surface area contributed by atoms with Crippen molar-refractivity contribution < 1.29 is 73.1 Å². The third-order valence-electron chi connectivity index (χ3n) is 8.74. The van der Waals surface area contributed by atoms with Crippen LogP contribution in [0.3, 0.4) is 0 Å². The summed E-state index contributed by atoms with van der Waals surface area (Å²) in [5.74, 6) is -2.66. The summed E-state index contributed by atoms with van der Waals surface area (Å²) in [6, 6.07) is 0. The molecule has 1 heterocycles. The van der Waals surface area contributed by atoms with Gasteiger partial charge in [-0.25, -0.2) is 0 Å². The third-order valence-corrected chi connectivity index (χ3v) is 8.74. The fourth-order valence-corrected chi connectivity index (χ4v) is 5.56. The Morgan fingerprint density at radius 2 is 0.981 bits per heavy atom. The van der Waals surface area contributed by atoms with Crippen molar-refractivity contribution in [3.63, 3.8) is 0 Å². The van der Waals surface area contributed by atoms with Gasteiger partial charge in [0.1, 0.15) is 31.0 Å². The van der Waals surface area contributed by atoms with Gasteiger partial charge in [-0.3, -0.25) is 19.2 Å². The second-order valence-electron chi connectivity index (χ2n) is 13.4. The highest BCUT2D eigenvalue weighted by Crippen LogP contribution is 2.32. The number of aliphatic hydroxyl groups excluding tert-OH is 5. The largest absolute Gasteiger partial charge is 0.463 e. The van der Waals surface area contributed by atoms with Gasteiger partial charge in [-0.1, -0.05) is 91.9 Å². The summed E-state index contributed by atoms with van der Waals surface area (Å²) < 4.78 is 34.7. The van der Waals surface area contributed by atoms with Gasteiger partial charge in [0.2, 0.25) is 6.29 Å². The summed E-state index contributed by atoms with van der Waals surface area (Å²) in [6.07, 6.45) is -5.78. The maximum absolute atomic E-state index is 13.2. The number of hydrogen-bond acceptors (Lipinski definition) is 15. The predicted molar refractivity (Wildman–Crippen MR) is 187 cm³/mol. The number of unbranched alkanes of at least 4 members (excludes halogenated alkanes) is 10. The zero-order valence-corrected chi connectivity index (χ0v) is 31.7. The molecule has 0 amide bonds. The molecule has 5 N–H and O–H groups in total. The van der Waals surface area contributed by atoms with Crippen molar-refractivity contribution >= 4 is 23.9 Å². The van der Waals surface area contributed by atoms with Gasteiger partial charge >= 0.3 is 23.9 Å². The first-order valence-corrected chi connectivity index (χ1v) is 19.3. The van der Waals surface area contributed by atoms with Gasteiger partial charge in [0.05, 0.1) is 6.61 Å². The summed E-state index contributed by atoms with van der Waals surface area (Å²) in [4.78, 5) is 52.3. The molecule has 1 rings (SSSR count). The normalized spacial score (nSPS) is 22.5. The van der Waals surface area contributed by atoms with Crippen LogP contribution < -0.4 is 0 Å². The monoisotopic (exact) mass is 750 g/mol. The summed E-state index contributed by atoms with van der Waals surface area (Å²) in [7, 11) is 0. The van der Waals surface area contributed by atoms with E-state index in [4.69, 9.17) is 28.4 Å². The van der Waals surface area contributed by atoms with Crippen LogP contribution in [0.1, 0.15) is 143 Å². The van der Waals surface area contributed by atoms with E-state index in [9.17, 15) is 44.7 Å². The molecule has 0 aromatic rings. The first-order valence-electron chi connectivity index (χ1n) is 19.3. The van der Waals surface area contributed by atoms with E-state index in [1.165, 1.54) is 0 Å². The fraction of sp³-hybridized carbons (Fsp3) is 0.892. The Kier molecular flexibility index (Phi) is 25.7. The topological polar surface area (TPSA) is 225 Å². The lowest BCUT2D eigenvalue weighted by Gasteiger charge is -2.45. The molecule has 52 heavy (non-hydrogen) atoms. The van der Waals surface area contributed by atoms with Crippen LogP contribution in [0.15, 0.2) is 0 Å². The van der Waals surface area contributed by atoms with Gasteiger partial charge in [0.15, 0.2) is 24.6 Å².